The molecule has 0 saturated heterocycles. The summed E-state index contributed by atoms with van der Waals surface area (Å²) < 4.78 is 11.2. The summed E-state index contributed by atoms with van der Waals surface area (Å²) in [5, 5.41) is 8.63. The van der Waals surface area contributed by atoms with Gasteiger partial charge in [-0.3, -0.25) is 0 Å². The number of aromatic nitrogens is 2. The molecular formula is C16H14N2O2S. The van der Waals surface area contributed by atoms with Crippen LogP contribution in [0.5, 0.6) is 5.75 Å². The normalized spacial score (nSPS) is 10.5. The van der Waals surface area contributed by atoms with Crippen LogP contribution in [0.2, 0.25) is 0 Å². The van der Waals surface area contributed by atoms with Crippen LogP contribution in [-0.2, 0) is 0 Å². The first-order valence-corrected chi connectivity index (χ1v) is 7.60. The standard InChI is InChI=1S/C16H14N2O2S/c1-3-7-13(8-4-1)15-17-18-16(20-15)21-12-11-19-14-9-5-2-6-10-14/h1-10H,11-12H2. The molecule has 4 nitrogen and oxygen atoms in total. The second-order valence-corrected chi connectivity index (χ2v) is 5.30. The van der Waals surface area contributed by atoms with Crippen molar-refractivity contribution in [2.24, 2.45) is 0 Å². The molecule has 0 spiro atoms. The Balaban J connectivity index is 1.49. The van der Waals surface area contributed by atoms with E-state index < -0.39 is 0 Å². The summed E-state index contributed by atoms with van der Waals surface area (Å²) in [5.74, 6) is 2.17. The van der Waals surface area contributed by atoms with Crippen LogP contribution in [0.15, 0.2) is 70.3 Å². The molecule has 0 aliphatic carbocycles. The molecule has 0 unspecified atom stereocenters. The van der Waals surface area contributed by atoms with E-state index in [4.69, 9.17) is 9.15 Å². The SMILES string of the molecule is c1ccc(OCCSc2nnc(-c3ccccc3)o2)cc1. The fourth-order valence-corrected chi connectivity index (χ4v) is 2.35. The number of rotatable bonds is 6. The molecule has 0 fully saturated rings. The predicted octanol–water partition coefficient (Wildman–Crippen LogP) is 3.91. The first kappa shape index (κ1) is 13.7. The lowest BCUT2D eigenvalue weighted by atomic mass is 10.2. The summed E-state index contributed by atoms with van der Waals surface area (Å²) in [7, 11) is 0. The molecule has 3 aromatic rings. The van der Waals surface area contributed by atoms with Crippen molar-refractivity contribution in [3.63, 3.8) is 0 Å². The van der Waals surface area contributed by atoms with E-state index >= 15 is 0 Å². The van der Waals surface area contributed by atoms with Gasteiger partial charge < -0.3 is 9.15 Å². The minimum atomic E-state index is 0.544. The van der Waals surface area contributed by atoms with Crippen LogP contribution in [0.3, 0.4) is 0 Å². The van der Waals surface area contributed by atoms with Crippen molar-refractivity contribution in [1.82, 2.24) is 10.2 Å². The maximum absolute atomic E-state index is 5.61. The maximum atomic E-state index is 5.61. The minimum absolute atomic E-state index is 0.544. The fourth-order valence-electron chi connectivity index (χ4n) is 1.77. The quantitative estimate of drug-likeness (QED) is 0.510. The van der Waals surface area contributed by atoms with Crippen molar-refractivity contribution in [3.05, 3.63) is 60.7 Å². The molecule has 0 bridgehead atoms. The zero-order valence-electron chi connectivity index (χ0n) is 11.3. The Morgan fingerprint density at radius 1 is 0.905 bits per heavy atom. The second-order valence-electron chi connectivity index (χ2n) is 4.25. The Morgan fingerprint density at radius 2 is 1.62 bits per heavy atom. The van der Waals surface area contributed by atoms with Crippen molar-refractivity contribution in [1.29, 1.82) is 0 Å². The average molecular weight is 298 g/mol. The molecule has 1 heterocycles. The lowest BCUT2D eigenvalue weighted by molar-refractivity contribution is 0.343. The van der Waals surface area contributed by atoms with Gasteiger partial charge in [-0.05, 0) is 24.3 Å². The van der Waals surface area contributed by atoms with Gasteiger partial charge >= 0.3 is 0 Å². The third-order valence-electron chi connectivity index (χ3n) is 2.75. The Labute approximate surface area is 127 Å². The van der Waals surface area contributed by atoms with Crippen LogP contribution in [-0.4, -0.2) is 22.6 Å². The number of nitrogens with zero attached hydrogens (tertiary/aromatic N) is 2. The van der Waals surface area contributed by atoms with Gasteiger partial charge in [-0.2, -0.15) is 0 Å². The average Bonchev–Trinajstić information content (AvgIpc) is 3.02. The molecule has 106 valence electrons. The van der Waals surface area contributed by atoms with Gasteiger partial charge in [0.15, 0.2) is 0 Å². The fraction of sp³-hybridized carbons (Fsp3) is 0.125. The van der Waals surface area contributed by atoms with E-state index in [1.54, 1.807) is 0 Å². The number of para-hydroxylation sites is 1. The highest BCUT2D eigenvalue weighted by Crippen LogP contribution is 2.22. The van der Waals surface area contributed by atoms with E-state index in [0.29, 0.717) is 17.7 Å². The Bertz CT molecular complexity index is 671. The van der Waals surface area contributed by atoms with E-state index in [2.05, 4.69) is 10.2 Å². The molecule has 0 saturated carbocycles. The van der Waals surface area contributed by atoms with Gasteiger partial charge in [-0.1, -0.05) is 48.2 Å². The predicted molar refractivity (Wildman–Crippen MR) is 82.4 cm³/mol. The number of ether oxygens (including phenoxy) is 1. The third kappa shape index (κ3) is 3.86. The molecule has 0 aliphatic rings. The van der Waals surface area contributed by atoms with Crippen LogP contribution < -0.4 is 4.74 Å². The first-order valence-electron chi connectivity index (χ1n) is 6.61. The smallest absolute Gasteiger partial charge is 0.276 e. The number of hydrogen-bond acceptors (Lipinski definition) is 5. The molecule has 0 amide bonds. The second kappa shape index (κ2) is 6.95. The van der Waals surface area contributed by atoms with Crippen LogP contribution in [0.25, 0.3) is 11.5 Å². The molecule has 0 N–H and O–H groups in total. The maximum Gasteiger partial charge on any atom is 0.276 e. The van der Waals surface area contributed by atoms with E-state index in [0.717, 1.165) is 17.1 Å². The summed E-state index contributed by atoms with van der Waals surface area (Å²) in [4.78, 5) is 0. The number of thioether (sulfide) groups is 1. The molecule has 0 atom stereocenters. The van der Waals surface area contributed by atoms with Crippen molar-refractivity contribution in [3.8, 4) is 17.2 Å². The largest absolute Gasteiger partial charge is 0.493 e. The van der Waals surface area contributed by atoms with E-state index in [1.807, 2.05) is 60.7 Å². The molecule has 5 heteroatoms. The van der Waals surface area contributed by atoms with E-state index in [9.17, 15) is 0 Å². The Morgan fingerprint density at radius 3 is 2.38 bits per heavy atom. The van der Waals surface area contributed by atoms with E-state index in [1.165, 1.54) is 11.8 Å². The van der Waals surface area contributed by atoms with Crippen molar-refractivity contribution < 1.29 is 9.15 Å². The van der Waals surface area contributed by atoms with Crippen molar-refractivity contribution in [2.45, 2.75) is 5.22 Å². The van der Waals surface area contributed by atoms with Gasteiger partial charge in [0.2, 0.25) is 5.89 Å². The molecule has 1 aromatic heterocycles. The molecule has 21 heavy (non-hydrogen) atoms. The van der Waals surface area contributed by atoms with Gasteiger partial charge in [-0.25, -0.2) is 0 Å². The van der Waals surface area contributed by atoms with Gasteiger partial charge in [-0.15, -0.1) is 10.2 Å². The summed E-state index contributed by atoms with van der Waals surface area (Å²) in [6, 6.07) is 19.5. The van der Waals surface area contributed by atoms with Crippen LogP contribution >= 0.6 is 11.8 Å². The molecule has 0 radical (unpaired) electrons. The highest BCUT2D eigenvalue weighted by atomic mass is 32.2. The van der Waals surface area contributed by atoms with Crippen LogP contribution in [0, 0.1) is 0 Å². The zero-order valence-corrected chi connectivity index (χ0v) is 12.1. The van der Waals surface area contributed by atoms with Crippen LogP contribution in [0.1, 0.15) is 0 Å². The lowest BCUT2D eigenvalue weighted by Crippen LogP contribution is -1.99. The van der Waals surface area contributed by atoms with Gasteiger partial charge in [0.25, 0.3) is 5.22 Å². The minimum Gasteiger partial charge on any atom is -0.493 e. The molecule has 3 rings (SSSR count). The lowest BCUT2D eigenvalue weighted by Gasteiger charge is -2.03. The topological polar surface area (TPSA) is 48.2 Å². The highest BCUT2D eigenvalue weighted by molar-refractivity contribution is 7.99. The van der Waals surface area contributed by atoms with E-state index in [-0.39, 0.29) is 0 Å². The summed E-state index contributed by atoms with van der Waals surface area (Å²) in [5.41, 5.74) is 0.928. The Kier molecular flexibility index (Phi) is 4.53. The molecule has 0 aliphatic heterocycles. The summed E-state index contributed by atoms with van der Waals surface area (Å²) in [6.45, 7) is 0.595. The van der Waals surface area contributed by atoms with Gasteiger partial charge in [0.1, 0.15) is 5.75 Å². The zero-order chi connectivity index (χ0) is 14.3. The van der Waals surface area contributed by atoms with Crippen LogP contribution in [0.4, 0.5) is 0 Å². The van der Waals surface area contributed by atoms with Crippen molar-refractivity contribution in [2.75, 3.05) is 12.4 Å². The molecular weight excluding hydrogens is 284 g/mol. The monoisotopic (exact) mass is 298 g/mol. The van der Waals surface area contributed by atoms with Gasteiger partial charge in [0, 0.05) is 11.3 Å². The summed E-state index contributed by atoms with van der Waals surface area (Å²) >= 11 is 1.49. The highest BCUT2D eigenvalue weighted by Gasteiger charge is 2.08. The van der Waals surface area contributed by atoms with Gasteiger partial charge in [0.05, 0.1) is 6.61 Å². The van der Waals surface area contributed by atoms with Crippen molar-refractivity contribution >= 4 is 11.8 Å². The Hall–Kier alpha value is -2.27. The first-order chi connectivity index (χ1) is 10.4. The number of hydrogen-bond donors (Lipinski definition) is 0. The summed E-state index contributed by atoms with van der Waals surface area (Å²) in [6.07, 6.45) is 0. The number of benzene rings is 2. The molecule has 2 aromatic carbocycles. The third-order valence-corrected chi connectivity index (χ3v) is 3.53.